The predicted octanol–water partition coefficient (Wildman–Crippen LogP) is 2.84. The van der Waals surface area contributed by atoms with Crippen molar-refractivity contribution in [3.05, 3.63) is 62.6 Å². The number of ether oxygens (including phenoxy) is 1. The molecule has 3 aliphatic rings. The molecule has 2 aliphatic heterocycles. The fourth-order valence-electron chi connectivity index (χ4n) is 5.16. The van der Waals surface area contributed by atoms with Crippen LogP contribution in [-0.4, -0.2) is 65.6 Å². The maximum atomic E-state index is 13.8. The van der Waals surface area contributed by atoms with E-state index in [0.717, 1.165) is 24.0 Å². The van der Waals surface area contributed by atoms with Crippen molar-refractivity contribution in [3.63, 3.8) is 0 Å². The summed E-state index contributed by atoms with van der Waals surface area (Å²) < 4.78 is 5.65. The minimum Gasteiger partial charge on any atom is -0.482 e. The molecule has 1 saturated heterocycles. The van der Waals surface area contributed by atoms with Gasteiger partial charge in [0.05, 0.1) is 11.1 Å². The normalized spacial score (nSPS) is 20.3. The second kappa shape index (κ2) is 12.9. The summed E-state index contributed by atoms with van der Waals surface area (Å²) in [5.74, 6) is -3.27. The Kier molecular flexibility index (Phi) is 9.25. The molecule has 2 fully saturated rings. The van der Waals surface area contributed by atoms with E-state index >= 15 is 0 Å². The van der Waals surface area contributed by atoms with Crippen LogP contribution in [0, 0.1) is 5.92 Å². The molecule has 0 spiro atoms. The lowest BCUT2D eigenvalue weighted by atomic mass is 9.91. The monoisotopic (exact) mass is 634 g/mol. The average molecular weight is 636 g/mol. The molecule has 5 rings (SSSR count). The number of hydrogen-bond acceptors (Lipinski definition) is 6. The molecule has 222 valence electrons. The summed E-state index contributed by atoms with van der Waals surface area (Å²) in [6.07, 6.45) is 2.13. The molecule has 1 aliphatic carbocycles. The first-order chi connectivity index (χ1) is 20.1. The lowest BCUT2D eigenvalue weighted by Crippen LogP contribution is -2.57. The second-order valence-electron chi connectivity index (χ2n) is 10.7. The fourth-order valence-corrected chi connectivity index (χ4v) is 5.82. The van der Waals surface area contributed by atoms with E-state index in [1.807, 2.05) is 0 Å². The van der Waals surface area contributed by atoms with E-state index in [9.17, 15) is 24.0 Å². The molecule has 3 N–H and O–H groups in total. The Morgan fingerprint density at radius 3 is 2.43 bits per heavy atom. The molecule has 2 aromatic rings. The summed E-state index contributed by atoms with van der Waals surface area (Å²) in [6.45, 7) is 0.127. The Morgan fingerprint density at radius 1 is 1.00 bits per heavy atom. The van der Waals surface area contributed by atoms with Gasteiger partial charge >= 0.3 is 0 Å². The third kappa shape index (κ3) is 7.17. The Morgan fingerprint density at radius 2 is 1.74 bits per heavy atom. The smallest absolute Gasteiger partial charge is 0.289 e. The molecule has 0 aromatic heterocycles. The van der Waals surface area contributed by atoms with Crippen LogP contribution in [-0.2, 0) is 36.9 Å². The lowest BCUT2D eigenvalue weighted by Gasteiger charge is -2.36. The van der Waals surface area contributed by atoms with Gasteiger partial charge < -0.3 is 25.6 Å². The molecule has 4 amide bonds. The number of benzene rings is 2. The maximum absolute atomic E-state index is 13.8. The summed E-state index contributed by atoms with van der Waals surface area (Å²) in [5, 5.41) is 9.18. The quantitative estimate of drug-likeness (QED) is 0.344. The van der Waals surface area contributed by atoms with E-state index in [1.165, 1.54) is 17.0 Å². The summed E-state index contributed by atoms with van der Waals surface area (Å²) in [7, 11) is 0. The van der Waals surface area contributed by atoms with Crippen LogP contribution in [0.3, 0.4) is 0 Å². The molecular weight excluding hydrogens is 607 g/mol. The van der Waals surface area contributed by atoms with Crippen molar-refractivity contribution in [1.29, 1.82) is 0 Å². The van der Waals surface area contributed by atoms with Gasteiger partial charge in [0.1, 0.15) is 11.8 Å². The maximum Gasteiger partial charge on any atom is 0.289 e. The molecule has 0 bridgehead atoms. The van der Waals surface area contributed by atoms with Gasteiger partial charge in [-0.25, -0.2) is 0 Å². The highest BCUT2D eigenvalue weighted by Gasteiger charge is 2.40. The largest absolute Gasteiger partial charge is 0.482 e. The van der Waals surface area contributed by atoms with Crippen molar-refractivity contribution in [1.82, 2.24) is 20.9 Å². The number of nitrogens with zero attached hydrogens (tertiary/aromatic N) is 1. The van der Waals surface area contributed by atoms with E-state index in [-0.39, 0.29) is 42.1 Å². The highest BCUT2D eigenvalue weighted by molar-refractivity contribution is 6.38. The van der Waals surface area contributed by atoms with Gasteiger partial charge in [0.2, 0.25) is 17.6 Å². The third-order valence-corrected chi connectivity index (χ3v) is 8.38. The number of nitrogens with one attached hydrogen (secondary N) is 3. The van der Waals surface area contributed by atoms with Crippen LogP contribution < -0.4 is 20.7 Å². The van der Waals surface area contributed by atoms with Crippen molar-refractivity contribution >= 4 is 64.2 Å². The van der Waals surface area contributed by atoms with Crippen LogP contribution >= 0.6 is 34.8 Å². The number of rotatable bonds is 10. The van der Waals surface area contributed by atoms with E-state index in [1.54, 1.807) is 24.3 Å². The molecule has 0 radical (unpaired) electrons. The van der Waals surface area contributed by atoms with E-state index in [2.05, 4.69) is 16.0 Å². The summed E-state index contributed by atoms with van der Waals surface area (Å²) in [6, 6.07) is 7.49. The molecular formula is C29H29Cl3N4O6. The molecule has 13 heteroatoms. The van der Waals surface area contributed by atoms with Crippen molar-refractivity contribution < 1.29 is 28.7 Å². The van der Waals surface area contributed by atoms with E-state index in [0.29, 0.717) is 23.0 Å². The van der Waals surface area contributed by atoms with Crippen molar-refractivity contribution in [2.45, 2.75) is 56.8 Å². The SMILES string of the molecule is O=C(NC1CC1)C(=O)[C@H](C[C@@H]1CCNC1=O)NC(=O)[C@@H]1Cc2cc(Cl)ccc2CN1C(=O)COc1ccc(Cl)cc1Cl. The summed E-state index contributed by atoms with van der Waals surface area (Å²) in [5.41, 5.74) is 1.58. The van der Waals surface area contributed by atoms with Crippen molar-refractivity contribution in [2.75, 3.05) is 13.2 Å². The van der Waals surface area contributed by atoms with Crippen LogP contribution in [0.5, 0.6) is 5.75 Å². The van der Waals surface area contributed by atoms with E-state index in [4.69, 9.17) is 39.5 Å². The first kappa shape index (κ1) is 30.1. The number of carbonyl (C=O) groups is 5. The highest BCUT2D eigenvalue weighted by atomic mass is 35.5. The van der Waals surface area contributed by atoms with Crippen LogP contribution in [0.1, 0.15) is 36.8 Å². The fraction of sp³-hybridized carbons (Fsp3) is 0.414. The van der Waals surface area contributed by atoms with Crippen LogP contribution in [0.15, 0.2) is 36.4 Å². The molecule has 3 atom stereocenters. The van der Waals surface area contributed by atoms with Crippen LogP contribution in [0.4, 0.5) is 0 Å². The number of ketones is 1. The first-order valence-corrected chi connectivity index (χ1v) is 14.8. The molecule has 10 nitrogen and oxygen atoms in total. The molecule has 0 unspecified atom stereocenters. The Balaban J connectivity index is 1.36. The predicted molar refractivity (Wildman–Crippen MR) is 155 cm³/mol. The van der Waals surface area contributed by atoms with Gasteiger partial charge in [-0.1, -0.05) is 40.9 Å². The summed E-state index contributed by atoms with van der Waals surface area (Å²) in [4.78, 5) is 66.8. The van der Waals surface area contributed by atoms with Gasteiger partial charge in [0, 0.05) is 41.5 Å². The zero-order chi connectivity index (χ0) is 30.0. The highest BCUT2D eigenvalue weighted by Crippen LogP contribution is 2.30. The van der Waals surface area contributed by atoms with Gasteiger partial charge in [-0.15, -0.1) is 0 Å². The number of amides is 4. The second-order valence-corrected chi connectivity index (χ2v) is 12.0. The van der Waals surface area contributed by atoms with Gasteiger partial charge in [-0.05, 0) is 67.1 Å². The minimum absolute atomic E-state index is 0.0320. The lowest BCUT2D eigenvalue weighted by molar-refractivity contribution is -0.145. The summed E-state index contributed by atoms with van der Waals surface area (Å²) >= 11 is 18.3. The third-order valence-electron chi connectivity index (χ3n) is 7.62. The Labute approximate surface area is 257 Å². The molecule has 42 heavy (non-hydrogen) atoms. The van der Waals surface area contributed by atoms with Gasteiger partial charge in [-0.2, -0.15) is 0 Å². The minimum atomic E-state index is -1.24. The number of fused-ring (bicyclic) bond motifs is 1. The molecule has 2 aromatic carbocycles. The number of carbonyl (C=O) groups excluding carboxylic acids is 5. The Bertz CT molecular complexity index is 1430. The topological polar surface area (TPSA) is 134 Å². The number of Topliss-reactive ketones (excluding diaryl/α,β-unsaturated/α-hetero) is 1. The van der Waals surface area contributed by atoms with Gasteiger partial charge in [-0.3, -0.25) is 24.0 Å². The average Bonchev–Trinajstić information content (AvgIpc) is 3.69. The Hall–Kier alpha value is -3.34. The van der Waals surface area contributed by atoms with Gasteiger partial charge in [0.15, 0.2) is 6.61 Å². The van der Waals surface area contributed by atoms with Gasteiger partial charge in [0.25, 0.3) is 11.8 Å². The van der Waals surface area contributed by atoms with Crippen molar-refractivity contribution in [3.8, 4) is 5.75 Å². The number of hydrogen-bond donors (Lipinski definition) is 3. The number of halogens is 3. The van der Waals surface area contributed by atoms with E-state index < -0.39 is 48.1 Å². The van der Waals surface area contributed by atoms with Crippen molar-refractivity contribution in [2.24, 2.45) is 5.92 Å². The standard InChI is InChI=1S/C29H29Cl3N4O6/c30-18-2-1-16-13-36(25(37)14-42-24-6-3-19(31)12-21(24)32)23(11-17(16)9-18)28(40)35-22(10-15-7-8-33-27(15)39)26(38)29(41)34-20-4-5-20/h1-3,6,9,12,15,20,22-23H,4-5,7-8,10-11,13-14H2,(H,33,39)(H,34,41)(H,35,40)/t15-,22-,23-/m0/s1. The zero-order valence-electron chi connectivity index (χ0n) is 22.5. The first-order valence-electron chi connectivity index (χ1n) is 13.7. The van der Waals surface area contributed by atoms with Crippen LogP contribution in [0.25, 0.3) is 0 Å². The zero-order valence-corrected chi connectivity index (χ0v) is 24.7. The molecule has 2 heterocycles. The van der Waals surface area contributed by atoms with Crippen LogP contribution in [0.2, 0.25) is 15.1 Å². The molecule has 1 saturated carbocycles.